The molecule has 24 heavy (non-hydrogen) atoms. The Morgan fingerprint density at radius 1 is 1.38 bits per heavy atom. The van der Waals surface area contributed by atoms with Gasteiger partial charge >= 0.3 is 6.03 Å². The van der Waals surface area contributed by atoms with Crippen LogP contribution in [-0.4, -0.2) is 47.8 Å². The van der Waals surface area contributed by atoms with Crippen molar-refractivity contribution in [3.8, 4) is 11.3 Å². The van der Waals surface area contributed by atoms with E-state index in [-0.39, 0.29) is 12.6 Å². The Kier molecular flexibility index (Phi) is 6.77. The van der Waals surface area contributed by atoms with E-state index >= 15 is 0 Å². The van der Waals surface area contributed by atoms with Crippen LogP contribution in [0.2, 0.25) is 0 Å². The van der Waals surface area contributed by atoms with E-state index in [4.69, 9.17) is 4.74 Å². The number of aliphatic hydroxyl groups excluding tert-OH is 1. The molecule has 2 amide bonds. The highest BCUT2D eigenvalue weighted by Gasteiger charge is 2.13. The van der Waals surface area contributed by atoms with E-state index in [0.717, 1.165) is 23.2 Å². The molecule has 2 rings (SSSR count). The molecule has 0 unspecified atom stereocenters. The number of hydrogen-bond donors (Lipinski definition) is 3. The number of aryl methyl sites for hydroxylation is 1. The van der Waals surface area contributed by atoms with E-state index in [0.29, 0.717) is 25.5 Å². The number of amides is 2. The van der Waals surface area contributed by atoms with Crippen LogP contribution in [0.3, 0.4) is 0 Å². The number of rotatable bonds is 8. The SMILES string of the molecule is COCCCNC(=O)Nc1cc(-c2ccccc2C)nn1CCO. The van der Waals surface area contributed by atoms with Gasteiger partial charge in [0.05, 0.1) is 18.8 Å². The van der Waals surface area contributed by atoms with Crippen molar-refractivity contribution in [2.45, 2.75) is 19.9 Å². The lowest BCUT2D eigenvalue weighted by atomic mass is 10.1. The lowest BCUT2D eigenvalue weighted by molar-refractivity contribution is 0.194. The van der Waals surface area contributed by atoms with Gasteiger partial charge < -0.3 is 15.2 Å². The molecule has 0 aliphatic rings. The molecule has 0 fully saturated rings. The molecule has 0 saturated heterocycles. The van der Waals surface area contributed by atoms with Crippen LogP contribution >= 0.6 is 0 Å². The van der Waals surface area contributed by atoms with Crippen molar-refractivity contribution < 1.29 is 14.6 Å². The molecule has 7 heteroatoms. The molecule has 1 aromatic carbocycles. The number of ether oxygens (including phenoxy) is 1. The molecule has 0 aliphatic heterocycles. The van der Waals surface area contributed by atoms with Crippen LogP contribution in [0.1, 0.15) is 12.0 Å². The van der Waals surface area contributed by atoms with E-state index in [9.17, 15) is 9.90 Å². The number of carbonyl (C=O) groups excluding carboxylic acids is 1. The van der Waals surface area contributed by atoms with E-state index in [1.807, 2.05) is 37.3 Å². The van der Waals surface area contributed by atoms with Crippen molar-refractivity contribution in [3.05, 3.63) is 35.9 Å². The van der Waals surface area contributed by atoms with Crippen LogP contribution in [0.5, 0.6) is 0 Å². The topological polar surface area (TPSA) is 88.4 Å². The smallest absolute Gasteiger partial charge is 0.320 e. The summed E-state index contributed by atoms with van der Waals surface area (Å²) < 4.78 is 6.54. The van der Waals surface area contributed by atoms with E-state index < -0.39 is 0 Å². The molecule has 1 aromatic heterocycles. The van der Waals surface area contributed by atoms with Crippen LogP contribution in [-0.2, 0) is 11.3 Å². The fourth-order valence-electron chi connectivity index (χ4n) is 2.35. The second kappa shape index (κ2) is 9.05. The normalized spacial score (nSPS) is 10.6. The van der Waals surface area contributed by atoms with Crippen molar-refractivity contribution >= 4 is 11.8 Å². The number of aromatic nitrogens is 2. The van der Waals surface area contributed by atoms with Crippen LogP contribution in [0.15, 0.2) is 30.3 Å². The molecule has 0 spiro atoms. The van der Waals surface area contributed by atoms with Gasteiger partial charge in [0, 0.05) is 31.9 Å². The van der Waals surface area contributed by atoms with Gasteiger partial charge in [-0.2, -0.15) is 5.10 Å². The average molecular weight is 332 g/mol. The summed E-state index contributed by atoms with van der Waals surface area (Å²) in [6, 6.07) is 9.42. The third kappa shape index (κ3) is 4.81. The first-order valence-corrected chi connectivity index (χ1v) is 7.94. The molecule has 0 aliphatic carbocycles. The Morgan fingerprint density at radius 2 is 2.17 bits per heavy atom. The first kappa shape index (κ1) is 18.0. The van der Waals surface area contributed by atoms with Crippen molar-refractivity contribution in [2.24, 2.45) is 0 Å². The lowest BCUT2D eigenvalue weighted by Crippen LogP contribution is -2.31. The number of hydrogen-bond acceptors (Lipinski definition) is 4. The maximum absolute atomic E-state index is 12.0. The number of urea groups is 1. The van der Waals surface area contributed by atoms with Gasteiger partial charge in [-0.05, 0) is 18.9 Å². The first-order valence-electron chi connectivity index (χ1n) is 7.94. The largest absolute Gasteiger partial charge is 0.394 e. The third-order valence-corrected chi connectivity index (χ3v) is 3.57. The first-order chi connectivity index (χ1) is 11.7. The highest BCUT2D eigenvalue weighted by atomic mass is 16.5. The van der Waals surface area contributed by atoms with Gasteiger partial charge in [0.25, 0.3) is 0 Å². The Bertz CT molecular complexity index is 670. The molecule has 0 saturated carbocycles. The fourth-order valence-corrected chi connectivity index (χ4v) is 2.35. The maximum atomic E-state index is 12.0. The summed E-state index contributed by atoms with van der Waals surface area (Å²) in [5, 5.41) is 19.2. The zero-order chi connectivity index (χ0) is 17.4. The summed E-state index contributed by atoms with van der Waals surface area (Å²) >= 11 is 0. The Hall–Kier alpha value is -2.38. The third-order valence-electron chi connectivity index (χ3n) is 3.57. The van der Waals surface area contributed by atoms with Crippen molar-refractivity contribution in [2.75, 3.05) is 32.2 Å². The van der Waals surface area contributed by atoms with Crippen LogP contribution in [0.4, 0.5) is 10.6 Å². The predicted octanol–water partition coefficient (Wildman–Crippen LogP) is 2.01. The molecule has 2 aromatic rings. The molecule has 0 bridgehead atoms. The second-order valence-corrected chi connectivity index (χ2v) is 5.40. The van der Waals surface area contributed by atoms with Crippen molar-refractivity contribution in [3.63, 3.8) is 0 Å². The molecule has 1 heterocycles. The zero-order valence-electron chi connectivity index (χ0n) is 14.1. The van der Waals surface area contributed by atoms with Crippen LogP contribution in [0.25, 0.3) is 11.3 Å². The standard InChI is InChI=1S/C17H24N4O3/c1-13-6-3-4-7-14(13)15-12-16(21(20-15)9-10-22)19-17(23)18-8-5-11-24-2/h3-4,6-7,12,22H,5,8-11H2,1-2H3,(H2,18,19,23). The van der Waals surface area contributed by atoms with Gasteiger partial charge in [0.2, 0.25) is 0 Å². The summed E-state index contributed by atoms with van der Waals surface area (Å²) in [6.07, 6.45) is 0.744. The summed E-state index contributed by atoms with van der Waals surface area (Å²) in [5.74, 6) is 0.548. The monoisotopic (exact) mass is 332 g/mol. The Balaban J connectivity index is 2.11. The highest BCUT2D eigenvalue weighted by molar-refractivity contribution is 5.89. The summed E-state index contributed by atoms with van der Waals surface area (Å²) in [5.41, 5.74) is 2.86. The molecule has 3 N–H and O–H groups in total. The molecule has 7 nitrogen and oxygen atoms in total. The average Bonchev–Trinajstić information content (AvgIpc) is 2.95. The minimum absolute atomic E-state index is 0.0565. The number of carbonyl (C=O) groups is 1. The van der Waals surface area contributed by atoms with Crippen molar-refractivity contribution in [1.82, 2.24) is 15.1 Å². The summed E-state index contributed by atoms with van der Waals surface area (Å²) in [7, 11) is 1.63. The van der Waals surface area contributed by atoms with Gasteiger partial charge in [-0.3, -0.25) is 5.32 Å². The number of anilines is 1. The van der Waals surface area contributed by atoms with Gasteiger partial charge in [0.1, 0.15) is 5.82 Å². The Morgan fingerprint density at radius 3 is 2.88 bits per heavy atom. The number of methoxy groups -OCH3 is 1. The van der Waals surface area contributed by atoms with Gasteiger partial charge in [-0.1, -0.05) is 24.3 Å². The number of nitrogens with one attached hydrogen (secondary N) is 2. The van der Waals surface area contributed by atoms with Gasteiger partial charge in [-0.25, -0.2) is 9.48 Å². The predicted molar refractivity (Wildman–Crippen MR) is 93.0 cm³/mol. The molecule has 130 valence electrons. The summed E-state index contributed by atoms with van der Waals surface area (Å²) in [6.45, 7) is 3.39. The quantitative estimate of drug-likeness (QED) is 0.645. The fraction of sp³-hybridized carbons (Fsp3) is 0.412. The highest BCUT2D eigenvalue weighted by Crippen LogP contribution is 2.24. The van der Waals surface area contributed by atoms with E-state index in [2.05, 4.69) is 15.7 Å². The minimum atomic E-state index is -0.304. The molecule has 0 radical (unpaired) electrons. The molecular formula is C17H24N4O3. The second-order valence-electron chi connectivity index (χ2n) is 5.40. The maximum Gasteiger partial charge on any atom is 0.320 e. The van der Waals surface area contributed by atoms with Crippen molar-refractivity contribution in [1.29, 1.82) is 0 Å². The number of aliphatic hydroxyl groups is 1. The zero-order valence-corrected chi connectivity index (χ0v) is 14.1. The number of benzene rings is 1. The van der Waals surface area contributed by atoms with Crippen LogP contribution < -0.4 is 10.6 Å². The minimum Gasteiger partial charge on any atom is -0.394 e. The van der Waals surface area contributed by atoms with E-state index in [1.165, 1.54) is 0 Å². The van der Waals surface area contributed by atoms with Crippen LogP contribution in [0, 0.1) is 6.92 Å². The van der Waals surface area contributed by atoms with Gasteiger partial charge in [-0.15, -0.1) is 0 Å². The number of nitrogens with zero attached hydrogens (tertiary/aromatic N) is 2. The van der Waals surface area contributed by atoms with E-state index in [1.54, 1.807) is 11.8 Å². The summed E-state index contributed by atoms with van der Waals surface area (Å²) in [4.78, 5) is 12.0. The Labute approximate surface area is 141 Å². The molecule has 0 atom stereocenters. The molecular weight excluding hydrogens is 308 g/mol. The lowest BCUT2D eigenvalue weighted by Gasteiger charge is -2.08. The van der Waals surface area contributed by atoms with Gasteiger partial charge in [0.15, 0.2) is 0 Å².